The molecule has 1 aliphatic rings. The maximum atomic E-state index is 12.8. The summed E-state index contributed by atoms with van der Waals surface area (Å²) in [6, 6.07) is 16.2. The number of benzene rings is 2. The SMILES string of the molecule is COc1ccc(CCC(=O)N2CCN(c3cc(C)c4ccccc4n3)CC2)cc1OC. The molecule has 0 spiro atoms. The molecule has 0 aliphatic carbocycles. The molecule has 0 saturated carbocycles. The highest BCUT2D eigenvalue weighted by molar-refractivity contribution is 5.84. The zero-order chi connectivity index (χ0) is 21.8. The summed E-state index contributed by atoms with van der Waals surface area (Å²) in [4.78, 5) is 21.8. The van der Waals surface area contributed by atoms with E-state index < -0.39 is 0 Å². The van der Waals surface area contributed by atoms with E-state index in [0.717, 1.165) is 43.1 Å². The number of hydrogen-bond acceptors (Lipinski definition) is 5. The molecule has 1 fully saturated rings. The lowest BCUT2D eigenvalue weighted by atomic mass is 10.1. The number of ether oxygens (including phenoxy) is 2. The van der Waals surface area contributed by atoms with Gasteiger partial charge in [-0.2, -0.15) is 0 Å². The number of anilines is 1. The summed E-state index contributed by atoms with van der Waals surface area (Å²) in [7, 11) is 3.24. The smallest absolute Gasteiger partial charge is 0.223 e. The lowest BCUT2D eigenvalue weighted by Gasteiger charge is -2.35. The van der Waals surface area contributed by atoms with Gasteiger partial charge in [0.1, 0.15) is 5.82 Å². The number of nitrogens with zero attached hydrogens (tertiary/aromatic N) is 3. The maximum Gasteiger partial charge on any atom is 0.223 e. The van der Waals surface area contributed by atoms with Gasteiger partial charge >= 0.3 is 0 Å². The molecule has 6 heteroatoms. The lowest BCUT2D eigenvalue weighted by Crippen LogP contribution is -2.49. The van der Waals surface area contributed by atoms with Gasteiger partial charge in [0.05, 0.1) is 19.7 Å². The summed E-state index contributed by atoms with van der Waals surface area (Å²) in [5, 5.41) is 1.19. The van der Waals surface area contributed by atoms with E-state index in [2.05, 4.69) is 30.0 Å². The van der Waals surface area contributed by atoms with Crippen LogP contribution in [-0.4, -0.2) is 56.2 Å². The number of methoxy groups -OCH3 is 2. The van der Waals surface area contributed by atoms with Crippen LogP contribution in [0.4, 0.5) is 5.82 Å². The predicted octanol–water partition coefficient (Wildman–Crippen LogP) is 3.84. The second-order valence-electron chi connectivity index (χ2n) is 7.87. The first-order valence-electron chi connectivity index (χ1n) is 10.7. The van der Waals surface area contributed by atoms with Crippen molar-refractivity contribution < 1.29 is 14.3 Å². The van der Waals surface area contributed by atoms with Crippen molar-refractivity contribution in [2.45, 2.75) is 19.8 Å². The molecule has 162 valence electrons. The van der Waals surface area contributed by atoms with Crippen molar-refractivity contribution in [1.82, 2.24) is 9.88 Å². The first kappa shape index (κ1) is 21.0. The molecule has 0 bridgehead atoms. The molecule has 6 nitrogen and oxygen atoms in total. The number of aryl methyl sites for hydroxylation is 2. The molecule has 1 aliphatic heterocycles. The Kier molecular flexibility index (Phi) is 6.26. The number of carbonyl (C=O) groups is 1. The molecule has 1 aromatic heterocycles. The van der Waals surface area contributed by atoms with Crippen LogP contribution in [0.25, 0.3) is 10.9 Å². The minimum atomic E-state index is 0.192. The number of fused-ring (bicyclic) bond motifs is 1. The van der Waals surface area contributed by atoms with Gasteiger partial charge in [-0.05, 0) is 48.7 Å². The average molecular weight is 420 g/mol. The molecule has 2 aromatic carbocycles. The highest BCUT2D eigenvalue weighted by Gasteiger charge is 2.22. The van der Waals surface area contributed by atoms with Crippen LogP contribution in [0.15, 0.2) is 48.5 Å². The Morgan fingerprint density at radius 1 is 0.968 bits per heavy atom. The number of carbonyl (C=O) groups excluding carboxylic acids is 1. The number of rotatable bonds is 6. The van der Waals surface area contributed by atoms with Gasteiger partial charge in [0.25, 0.3) is 0 Å². The largest absolute Gasteiger partial charge is 0.493 e. The van der Waals surface area contributed by atoms with Crippen molar-refractivity contribution in [1.29, 1.82) is 0 Å². The fourth-order valence-corrected chi connectivity index (χ4v) is 4.12. The van der Waals surface area contributed by atoms with Crippen LogP contribution in [0.1, 0.15) is 17.5 Å². The van der Waals surface area contributed by atoms with Crippen LogP contribution in [0.2, 0.25) is 0 Å². The van der Waals surface area contributed by atoms with E-state index >= 15 is 0 Å². The fraction of sp³-hybridized carbons (Fsp3) is 0.360. The monoisotopic (exact) mass is 419 g/mol. The molecule has 4 rings (SSSR count). The summed E-state index contributed by atoms with van der Waals surface area (Å²) in [5.74, 6) is 2.58. The molecule has 2 heterocycles. The van der Waals surface area contributed by atoms with Crippen molar-refractivity contribution in [2.75, 3.05) is 45.3 Å². The van der Waals surface area contributed by atoms with Crippen LogP contribution >= 0.6 is 0 Å². The average Bonchev–Trinajstić information content (AvgIpc) is 2.82. The first-order chi connectivity index (χ1) is 15.1. The van der Waals surface area contributed by atoms with Crippen molar-refractivity contribution in [3.8, 4) is 11.5 Å². The van der Waals surface area contributed by atoms with E-state index in [4.69, 9.17) is 14.5 Å². The summed E-state index contributed by atoms with van der Waals surface area (Å²) >= 11 is 0. The Labute approximate surface area is 183 Å². The quantitative estimate of drug-likeness (QED) is 0.608. The number of aromatic nitrogens is 1. The van der Waals surface area contributed by atoms with Gasteiger partial charge in [0.15, 0.2) is 11.5 Å². The Morgan fingerprint density at radius 2 is 1.71 bits per heavy atom. The molecule has 0 N–H and O–H groups in total. The van der Waals surface area contributed by atoms with Gasteiger partial charge in [0, 0.05) is 38.0 Å². The van der Waals surface area contributed by atoms with Crippen LogP contribution in [0.3, 0.4) is 0 Å². The van der Waals surface area contributed by atoms with E-state index in [0.29, 0.717) is 24.3 Å². The van der Waals surface area contributed by atoms with E-state index in [1.165, 1.54) is 10.9 Å². The normalized spacial score (nSPS) is 14.0. The van der Waals surface area contributed by atoms with E-state index in [1.54, 1.807) is 14.2 Å². The maximum absolute atomic E-state index is 12.8. The summed E-state index contributed by atoms with van der Waals surface area (Å²) in [5.41, 5.74) is 3.32. The fourth-order valence-electron chi connectivity index (χ4n) is 4.12. The molecular weight excluding hydrogens is 390 g/mol. The Morgan fingerprint density at radius 3 is 2.45 bits per heavy atom. The topological polar surface area (TPSA) is 54.9 Å². The number of pyridine rings is 1. The van der Waals surface area contributed by atoms with Gasteiger partial charge in [-0.15, -0.1) is 0 Å². The summed E-state index contributed by atoms with van der Waals surface area (Å²) < 4.78 is 10.6. The van der Waals surface area contributed by atoms with Crippen LogP contribution in [0, 0.1) is 6.92 Å². The minimum absolute atomic E-state index is 0.192. The molecule has 1 saturated heterocycles. The van der Waals surface area contributed by atoms with Gasteiger partial charge in [-0.1, -0.05) is 24.3 Å². The van der Waals surface area contributed by atoms with E-state index in [1.807, 2.05) is 35.2 Å². The minimum Gasteiger partial charge on any atom is -0.493 e. The van der Waals surface area contributed by atoms with Crippen molar-refractivity contribution >= 4 is 22.6 Å². The zero-order valence-corrected chi connectivity index (χ0v) is 18.4. The third kappa shape index (κ3) is 4.58. The summed E-state index contributed by atoms with van der Waals surface area (Å²) in [6.07, 6.45) is 1.17. The molecule has 31 heavy (non-hydrogen) atoms. The highest BCUT2D eigenvalue weighted by atomic mass is 16.5. The molecule has 0 atom stereocenters. The third-order valence-electron chi connectivity index (χ3n) is 5.94. The second kappa shape index (κ2) is 9.25. The van der Waals surface area contributed by atoms with Crippen LogP contribution in [-0.2, 0) is 11.2 Å². The molecule has 0 unspecified atom stereocenters. The van der Waals surface area contributed by atoms with Crippen molar-refractivity contribution in [3.63, 3.8) is 0 Å². The number of amides is 1. The first-order valence-corrected chi connectivity index (χ1v) is 10.7. The van der Waals surface area contributed by atoms with Crippen LogP contribution < -0.4 is 14.4 Å². The number of piperazine rings is 1. The molecule has 1 amide bonds. The molecular formula is C25H29N3O3. The molecule has 0 radical (unpaired) electrons. The number of hydrogen-bond donors (Lipinski definition) is 0. The Bertz CT molecular complexity index is 1070. The predicted molar refractivity (Wildman–Crippen MR) is 123 cm³/mol. The zero-order valence-electron chi connectivity index (χ0n) is 18.4. The second-order valence-corrected chi connectivity index (χ2v) is 7.87. The Hall–Kier alpha value is -3.28. The number of para-hydroxylation sites is 1. The van der Waals surface area contributed by atoms with Gasteiger partial charge in [-0.25, -0.2) is 4.98 Å². The third-order valence-corrected chi connectivity index (χ3v) is 5.94. The van der Waals surface area contributed by atoms with Crippen LogP contribution in [0.5, 0.6) is 11.5 Å². The highest BCUT2D eigenvalue weighted by Crippen LogP contribution is 2.28. The molecule has 3 aromatic rings. The van der Waals surface area contributed by atoms with E-state index in [9.17, 15) is 4.79 Å². The van der Waals surface area contributed by atoms with Gasteiger partial charge in [0.2, 0.25) is 5.91 Å². The van der Waals surface area contributed by atoms with Gasteiger partial charge in [-0.3, -0.25) is 4.79 Å². The lowest BCUT2D eigenvalue weighted by molar-refractivity contribution is -0.131. The summed E-state index contributed by atoms with van der Waals surface area (Å²) in [6.45, 7) is 5.16. The Balaban J connectivity index is 1.34. The van der Waals surface area contributed by atoms with Crippen molar-refractivity contribution in [3.05, 3.63) is 59.7 Å². The van der Waals surface area contributed by atoms with Gasteiger partial charge < -0.3 is 19.3 Å². The van der Waals surface area contributed by atoms with E-state index in [-0.39, 0.29) is 5.91 Å². The standard InChI is InChI=1S/C25H29N3O3/c1-18-16-24(26-21-7-5-4-6-20(18)21)27-12-14-28(15-13-27)25(29)11-9-19-8-10-22(30-2)23(17-19)31-3/h4-8,10,16-17H,9,11-15H2,1-3H3. The van der Waals surface area contributed by atoms with Crippen molar-refractivity contribution in [2.24, 2.45) is 0 Å².